The number of nitrogens with zero attached hydrogens (tertiary/aromatic N) is 1. The molecule has 2 rings (SSSR count). The Morgan fingerprint density at radius 1 is 1.16 bits per heavy atom. The highest BCUT2D eigenvalue weighted by atomic mass is 19.4. The van der Waals surface area contributed by atoms with E-state index >= 15 is 0 Å². The highest BCUT2D eigenvalue weighted by Gasteiger charge is 2.29. The Hall–Kier alpha value is -2.24. The van der Waals surface area contributed by atoms with Crippen LogP contribution in [-0.2, 0) is 12.7 Å². The van der Waals surface area contributed by atoms with E-state index in [1.54, 1.807) is 23.0 Å². The van der Waals surface area contributed by atoms with Crippen LogP contribution in [0.2, 0.25) is 0 Å². The summed E-state index contributed by atoms with van der Waals surface area (Å²) in [6.45, 7) is 0.380. The molecular weight excluding hydrogens is 257 g/mol. The second-order valence-corrected chi connectivity index (χ2v) is 4.13. The highest BCUT2D eigenvalue weighted by Crippen LogP contribution is 2.29. The number of hydrogen-bond donors (Lipinski definition) is 1. The zero-order chi connectivity index (χ0) is 14.0. The molecule has 0 fully saturated rings. The molecule has 0 aliphatic heterocycles. The quantitative estimate of drug-likeness (QED) is 0.914. The number of primary amides is 1. The molecule has 0 aliphatic carbocycles. The van der Waals surface area contributed by atoms with Gasteiger partial charge in [0.15, 0.2) is 0 Å². The van der Waals surface area contributed by atoms with Gasteiger partial charge in [-0.3, -0.25) is 4.79 Å². The third-order valence-corrected chi connectivity index (χ3v) is 2.68. The number of alkyl halides is 3. The summed E-state index contributed by atoms with van der Waals surface area (Å²) < 4.78 is 38.8. The summed E-state index contributed by atoms with van der Waals surface area (Å²) in [5.74, 6) is -0.536. The van der Waals surface area contributed by atoms with Gasteiger partial charge in [-0.2, -0.15) is 13.2 Å². The maximum atomic E-state index is 12.4. The fourth-order valence-electron chi connectivity index (χ4n) is 1.69. The van der Waals surface area contributed by atoms with Gasteiger partial charge in [-0.25, -0.2) is 0 Å². The number of halogens is 3. The minimum atomic E-state index is -4.33. The Balaban J connectivity index is 2.13. The molecule has 1 aromatic carbocycles. The van der Waals surface area contributed by atoms with E-state index in [1.165, 1.54) is 12.1 Å². The summed E-state index contributed by atoms with van der Waals surface area (Å²) in [6.07, 6.45) is -1.12. The summed E-state index contributed by atoms with van der Waals surface area (Å²) >= 11 is 0. The zero-order valence-corrected chi connectivity index (χ0v) is 9.82. The first-order valence-electron chi connectivity index (χ1n) is 5.48. The molecule has 0 spiro atoms. The van der Waals surface area contributed by atoms with Crippen molar-refractivity contribution in [2.45, 2.75) is 12.7 Å². The first-order chi connectivity index (χ1) is 8.86. The average Bonchev–Trinajstić information content (AvgIpc) is 2.77. The molecule has 100 valence electrons. The maximum Gasteiger partial charge on any atom is 0.416 e. The molecule has 0 saturated carbocycles. The van der Waals surface area contributed by atoms with Gasteiger partial charge in [0.1, 0.15) is 0 Å². The Morgan fingerprint density at radius 3 is 2.26 bits per heavy atom. The lowest BCUT2D eigenvalue weighted by atomic mass is 10.1. The fourth-order valence-corrected chi connectivity index (χ4v) is 1.69. The first-order valence-corrected chi connectivity index (χ1v) is 5.48. The largest absolute Gasteiger partial charge is 0.416 e. The number of rotatable bonds is 3. The van der Waals surface area contributed by atoms with Gasteiger partial charge < -0.3 is 10.3 Å². The molecule has 0 saturated heterocycles. The van der Waals surface area contributed by atoms with Gasteiger partial charge in [-0.1, -0.05) is 12.1 Å². The van der Waals surface area contributed by atoms with Crippen molar-refractivity contribution >= 4 is 5.91 Å². The molecule has 6 heteroatoms. The predicted molar refractivity (Wildman–Crippen MR) is 63.5 cm³/mol. The van der Waals surface area contributed by atoms with Crippen molar-refractivity contribution < 1.29 is 18.0 Å². The van der Waals surface area contributed by atoms with E-state index < -0.39 is 17.6 Å². The molecule has 0 radical (unpaired) electrons. The molecule has 0 bridgehead atoms. The van der Waals surface area contributed by atoms with Gasteiger partial charge in [-0.15, -0.1) is 0 Å². The van der Waals surface area contributed by atoms with Gasteiger partial charge in [0.2, 0.25) is 5.91 Å². The summed E-state index contributed by atoms with van der Waals surface area (Å²) in [5, 5.41) is 0. The molecule has 0 aliphatic rings. The number of aromatic nitrogens is 1. The molecule has 0 atom stereocenters. The smallest absolute Gasteiger partial charge is 0.366 e. The van der Waals surface area contributed by atoms with Crippen molar-refractivity contribution in [2.24, 2.45) is 5.73 Å². The second kappa shape index (κ2) is 4.79. The second-order valence-electron chi connectivity index (χ2n) is 4.13. The van der Waals surface area contributed by atoms with Crippen LogP contribution in [0.4, 0.5) is 13.2 Å². The third-order valence-electron chi connectivity index (χ3n) is 2.68. The monoisotopic (exact) mass is 268 g/mol. The molecular formula is C13H11F3N2O. The van der Waals surface area contributed by atoms with Gasteiger partial charge >= 0.3 is 6.18 Å². The van der Waals surface area contributed by atoms with E-state index in [9.17, 15) is 18.0 Å². The van der Waals surface area contributed by atoms with Crippen molar-refractivity contribution in [3.63, 3.8) is 0 Å². The number of amides is 1. The lowest BCUT2D eigenvalue weighted by Crippen LogP contribution is -2.09. The SMILES string of the molecule is NC(=O)c1ccn(Cc2ccc(C(F)(F)F)cc2)c1. The zero-order valence-electron chi connectivity index (χ0n) is 9.82. The minimum Gasteiger partial charge on any atom is -0.366 e. The predicted octanol–water partition coefficient (Wildman–Crippen LogP) is 2.65. The molecule has 3 nitrogen and oxygen atoms in total. The normalized spacial score (nSPS) is 11.5. The number of nitrogens with two attached hydrogens (primary N) is 1. The lowest BCUT2D eigenvalue weighted by Gasteiger charge is -2.08. The lowest BCUT2D eigenvalue weighted by molar-refractivity contribution is -0.137. The van der Waals surface area contributed by atoms with Crippen LogP contribution in [0.1, 0.15) is 21.5 Å². The number of benzene rings is 1. The number of hydrogen-bond acceptors (Lipinski definition) is 1. The molecule has 0 unspecified atom stereocenters. The van der Waals surface area contributed by atoms with E-state index in [1.807, 2.05) is 0 Å². The molecule has 1 heterocycles. The van der Waals surface area contributed by atoms with Crippen LogP contribution >= 0.6 is 0 Å². The minimum absolute atomic E-state index is 0.368. The Kier molecular flexibility index (Phi) is 3.33. The van der Waals surface area contributed by atoms with Crippen molar-refractivity contribution in [3.8, 4) is 0 Å². The van der Waals surface area contributed by atoms with E-state index in [0.717, 1.165) is 12.1 Å². The fraction of sp³-hybridized carbons (Fsp3) is 0.154. The van der Waals surface area contributed by atoms with Gasteiger partial charge in [0.05, 0.1) is 11.1 Å². The standard InChI is InChI=1S/C13H11F3N2O/c14-13(15,16)11-3-1-9(2-4-11)7-18-6-5-10(8-18)12(17)19/h1-6,8H,7H2,(H2,17,19). The van der Waals surface area contributed by atoms with Crippen molar-refractivity contribution in [2.75, 3.05) is 0 Å². The first kappa shape index (κ1) is 13.2. The van der Waals surface area contributed by atoms with Crippen LogP contribution in [-0.4, -0.2) is 10.5 Å². The average molecular weight is 268 g/mol. The molecule has 1 aromatic heterocycles. The van der Waals surface area contributed by atoms with E-state index in [2.05, 4.69) is 0 Å². The van der Waals surface area contributed by atoms with Crippen LogP contribution in [0.3, 0.4) is 0 Å². The van der Waals surface area contributed by atoms with Crippen molar-refractivity contribution in [3.05, 3.63) is 59.4 Å². The number of carbonyl (C=O) groups excluding carboxylic acids is 1. The highest BCUT2D eigenvalue weighted by molar-refractivity contribution is 5.92. The molecule has 2 aromatic rings. The molecule has 2 N–H and O–H groups in total. The third kappa shape index (κ3) is 3.15. The Morgan fingerprint density at radius 2 is 1.79 bits per heavy atom. The van der Waals surface area contributed by atoms with Crippen LogP contribution < -0.4 is 5.73 Å². The van der Waals surface area contributed by atoms with E-state index in [-0.39, 0.29) is 0 Å². The van der Waals surface area contributed by atoms with Crippen molar-refractivity contribution in [1.82, 2.24) is 4.57 Å². The van der Waals surface area contributed by atoms with E-state index in [0.29, 0.717) is 17.7 Å². The van der Waals surface area contributed by atoms with Gasteiger partial charge in [0, 0.05) is 18.9 Å². The molecule has 19 heavy (non-hydrogen) atoms. The maximum absolute atomic E-state index is 12.4. The topological polar surface area (TPSA) is 48.0 Å². The van der Waals surface area contributed by atoms with Crippen molar-refractivity contribution in [1.29, 1.82) is 0 Å². The van der Waals surface area contributed by atoms with Crippen LogP contribution in [0, 0.1) is 0 Å². The molecule has 1 amide bonds. The van der Waals surface area contributed by atoms with E-state index in [4.69, 9.17) is 5.73 Å². The summed E-state index contributed by atoms with van der Waals surface area (Å²) in [5.41, 5.74) is 5.51. The number of carbonyl (C=O) groups is 1. The van der Waals surface area contributed by atoms with Gasteiger partial charge in [0.25, 0.3) is 0 Å². The van der Waals surface area contributed by atoms with Crippen LogP contribution in [0.25, 0.3) is 0 Å². The van der Waals surface area contributed by atoms with Gasteiger partial charge in [-0.05, 0) is 23.8 Å². The summed E-state index contributed by atoms with van der Waals surface area (Å²) in [4.78, 5) is 10.9. The Labute approximate surface area is 107 Å². The Bertz CT molecular complexity index is 585. The summed E-state index contributed by atoms with van der Waals surface area (Å²) in [7, 11) is 0. The van der Waals surface area contributed by atoms with Crippen LogP contribution in [0.15, 0.2) is 42.7 Å². The summed E-state index contributed by atoms with van der Waals surface area (Å²) in [6, 6.07) is 6.45. The van der Waals surface area contributed by atoms with Crippen LogP contribution in [0.5, 0.6) is 0 Å².